The number of nitrogens with zero attached hydrogens (tertiary/aromatic N) is 1. The van der Waals surface area contributed by atoms with Crippen LogP contribution in [0.3, 0.4) is 0 Å². The molecule has 1 aliphatic heterocycles. The van der Waals surface area contributed by atoms with Crippen molar-refractivity contribution in [3.05, 3.63) is 59.0 Å². The Labute approximate surface area is 153 Å². The van der Waals surface area contributed by atoms with Gasteiger partial charge in [0.15, 0.2) is 5.76 Å². The Morgan fingerprint density at radius 3 is 2.78 bits per heavy atom. The summed E-state index contributed by atoms with van der Waals surface area (Å²) >= 11 is 0. The van der Waals surface area contributed by atoms with Crippen LogP contribution in [0, 0.1) is 0 Å². The summed E-state index contributed by atoms with van der Waals surface area (Å²) in [5, 5.41) is 20.2. The second-order valence-corrected chi connectivity index (χ2v) is 6.17. The maximum absolute atomic E-state index is 12.6. The Bertz CT molecular complexity index is 1150. The van der Waals surface area contributed by atoms with Gasteiger partial charge in [0.05, 0.1) is 18.2 Å². The molecule has 0 amide bonds. The minimum Gasteiger partial charge on any atom is -0.508 e. The number of ketones is 1. The van der Waals surface area contributed by atoms with Gasteiger partial charge < -0.3 is 24.3 Å². The summed E-state index contributed by atoms with van der Waals surface area (Å²) in [5.41, 5.74) is 1.75. The zero-order valence-electron chi connectivity index (χ0n) is 14.5. The quantitative estimate of drug-likeness (QED) is 0.535. The molecule has 136 valence electrons. The lowest BCUT2D eigenvalue weighted by Crippen LogP contribution is -2.03. The fourth-order valence-electron chi connectivity index (χ4n) is 3.31. The number of Topliss-reactive ketones (excluding diaryl/α,β-unsaturated/α-hetero) is 1. The maximum atomic E-state index is 12.6. The molecule has 0 atom stereocenters. The summed E-state index contributed by atoms with van der Waals surface area (Å²) in [6.07, 6.45) is 3.31. The standard InChI is InChI=1S/C20H15NO6/c1-21-9-10(12-4-3-5-13(18(12)21)20(25)26-2)6-16-19(24)17-14(23)7-11(22)8-15(17)27-16/h3-9,22-23H,1-2H3. The Kier molecular flexibility index (Phi) is 3.66. The van der Waals surface area contributed by atoms with E-state index in [1.54, 1.807) is 36.0 Å². The molecule has 7 nitrogen and oxygen atoms in total. The van der Waals surface area contributed by atoms with Gasteiger partial charge in [-0.05, 0) is 12.1 Å². The minimum absolute atomic E-state index is 0.00883. The fourth-order valence-corrected chi connectivity index (χ4v) is 3.31. The number of hydrogen-bond donors (Lipinski definition) is 2. The van der Waals surface area contributed by atoms with Crippen LogP contribution in [0.15, 0.2) is 42.3 Å². The van der Waals surface area contributed by atoms with Gasteiger partial charge in [-0.3, -0.25) is 4.79 Å². The van der Waals surface area contributed by atoms with E-state index in [1.165, 1.54) is 13.2 Å². The van der Waals surface area contributed by atoms with Crippen molar-refractivity contribution in [2.24, 2.45) is 7.05 Å². The predicted molar refractivity (Wildman–Crippen MR) is 97.0 cm³/mol. The fraction of sp³-hybridized carbons (Fsp3) is 0.100. The van der Waals surface area contributed by atoms with Crippen LogP contribution in [-0.2, 0) is 11.8 Å². The summed E-state index contributed by atoms with van der Waals surface area (Å²) in [5.74, 6) is -1.37. The molecule has 0 unspecified atom stereocenters. The van der Waals surface area contributed by atoms with E-state index in [9.17, 15) is 19.8 Å². The van der Waals surface area contributed by atoms with Crippen molar-refractivity contribution in [3.63, 3.8) is 0 Å². The highest BCUT2D eigenvalue weighted by molar-refractivity contribution is 6.17. The summed E-state index contributed by atoms with van der Waals surface area (Å²) in [6, 6.07) is 7.57. The van der Waals surface area contributed by atoms with Crippen LogP contribution in [0.1, 0.15) is 26.3 Å². The summed E-state index contributed by atoms with van der Waals surface area (Å²) in [7, 11) is 3.10. The van der Waals surface area contributed by atoms with Crippen molar-refractivity contribution in [1.82, 2.24) is 4.57 Å². The lowest BCUT2D eigenvalue weighted by atomic mass is 10.1. The first kappa shape index (κ1) is 16.7. The molecule has 0 saturated carbocycles. The number of allylic oxidation sites excluding steroid dienone is 1. The van der Waals surface area contributed by atoms with Gasteiger partial charge in [-0.25, -0.2) is 4.79 Å². The largest absolute Gasteiger partial charge is 0.508 e. The molecule has 2 aromatic carbocycles. The van der Waals surface area contributed by atoms with Crippen LogP contribution in [0.4, 0.5) is 0 Å². The van der Waals surface area contributed by atoms with E-state index in [1.807, 2.05) is 6.07 Å². The van der Waals surface area contributed by atoms with E-state index in [2.05, 4.69) is 0 Å². The molecule has 0 radical (unpaired) electrons. The first-order valence-corrected chi connectivity index (χ1v) is 8.07. The number of para-hydroxylation sites is 1. The number of phenolic OH excluding ortho intramolecular Hbond substituents is 2. The van der Waals surface area contributed by atoms with Crippen molar-refractivity contribution in [3.8, 4) is 17.2 Å². The molecule has 0 spiro atoms. The Balaban J connectivity index is 1.84. The number of carbonyl (C=O) groups is 2. The van der Waals surface area contributed by atoms with Crippen LogP contribution >= 0.6 is 0 Å². The molecule has 3 aromatic rings. The van der Waals surface area contributed by atoms with Gasteiger partial charge in [0.25, 0.3) is 0 Å². The van der Waals surface area contributed by atoms with Crippen molar-refractivity contribution in [1.29, 1.82) is 0 Å². The van der Waals surface area contributed by atoms with Crippen molar-refractivity contribution in [2.75, 3.05) is 7.11 Å². The van der Waals surface area contributed by atoms with Crippen LogP contribution in [0.25, 0.3) is 17.0 Å². The van der Waals surface area contributed by atoms with Crippen molar-refractivity contribution < 1.29 is 29.3 Å². The number of aryl methyl sites for hydroxylation is 1. The SMILES string of the molecule is COC(=O)c1cccc2c(C=C3Oc4cc(O)cc(O)c4C3=O)cn(C)c12. The molecule has 0 bridgehead atoms. The van der Waals surface area contributed by atoms with Crippen LogP contribution < -0.4 is 4.74 Å². The molecule has 0 saturated heterocycles. The molecule has 27 heavy (non-hydrogen) atoms. The number of ether oxygens (including phenoxy) is 2. The number of esters is 1. The average molecular weight is 365 g/mol. The highest BCUT2D eigenvalue weighted by Gasteiger charge is 2.31. The number of carbonyl (C=O) groups excluding carboxylic acids is 2. The van der Waals surface area contributed by atoms with E-state index in [0.717, 1.165) is 11.5 Å². The number of methoxy groups -OCH3 is 1. The smallest absolute Gasteiger partial charge is 0.340 e. The first-order chi connectivity index (χ1) is 12.9. The third-order valence-electron chi connectivity index (χ3n) is 4.46. The highest BCUT2D eigenvalue weighted by atomic mass is 16.5. The summed E-state index contributed by atoms with van der Waals surface area (Å²) < 4.78 is 12.1. The monoisotopic (exact) mass is 365 g/mol. The molecule has 1 aromatic heterocycles. The zero-order chi connectivity index (χ0) is 19.3. The van der Waals surface area contributed by atoms with E-state index in [0.29, 0.717) is 16.6 Å². The minimum atomic E-state index is -0.483. The Hall–Kier alpha value is -3.74. The van der Waals surface area contributed by atoms with Crippen LogP contribution in [-0.4, -0.2) is 33.6 Å². The third-order valence-corrected chi connectivity index (χ3v) is 4.46. The Morgan fingerprint density at radius 2 is 2.04 bits per heavy atom. The predicted octanol–water partition coefficient (Wildman–Crippen LogP) is 2.99. The van der Waals surface area contributed by atoms with Crippen molar-refractivity contribution >= 4 is 28.7 Å². The normalized spacial score (nSPS) is 14.4. The molecular formula is C20H15NO6. The molecule has 0 fully saturated rings. The number of aromatic nitrogens is 1. The number of benzene rings is 2. The van der Waals surface area contributed by atoms with Gasteiger partial charge in [0, 0.05) is 36.3 Å². The average Bonchev–Trinajstić information content (AvgIpc) is 3.12. The molecule has 0 aliphatic carbocycles. The van der Waals surface area contributed by atoms with Crippen LogP contribution in [0.5, 0.6) is 17.2 Å². The molecule has 2 N–H and O–H groups in total. The second-order valence-electron chi connectivity index (χ2n) is 6.17. The Morgan fingerprint density at radius 1 is 1.26 bits per heavy atom. The first-order valence-electron chi connectivity index (χ1n) is 8.07. The molecule has 7 heteroatoms. The number of hydrogen-bond acceptors (Lipinski definition) is 6. The molecule has 4 rings (SSSR count). The van der Waals surface area contributed by atoms with Crippen LogP contribution in [0.2, 0.25) is 0 Å². The third kappa shape index (κ3) is 2.52. The van der Waals surface area contributed by atoms with Gasteiger partial charge in [-0.2, -0.15) is 0 Å². The second kappa shape index (κ2) is 5.91. The molecule has 1 aliphatic rings. The highest BCUT2D eigenvalue weighted by Crippen LogP contribution is 2.41. The van der Waals surface area contributed by atoms with Gasteiger partial charge in [0.1, 0.15) is 22.8 Å². The molecule has 2 heterocycles. The van der Waals surface area contributed by atoms with Crippen molar-refractivity contribution in [2.45, 2.75) is 0 Å². The van der Waals surface area contributed by atoms with E-state index >= 15 is 0 Å². The zero-order valence-corrected chi connectivity index (χ0v) is 14.5. The lowest BCUT2D eigenvalue weighted by Gasteiger charge is -2.03. The van der Waals surface area contributed by atoms with Gasteiger partial charge >= 0.3 is 5.97 Å². The number of aromatic hydroxyl groups is 2. The van der Waals surface area contributed by atoms with E-state index in [-0.39, 0.29) is 28.6 Å². The number of phenols is 2. The topological polar surface area (TPSA) is 98.0 Å². The summed E-state index contributed by atoms with van der Waals surface area (Å²) in [6.45, 7) is 0. The van der Waals surface area contributed by atoms with Gasteiger partial charge in [-0.15, -0.1) is 0 Å². The lowest BCUT2D eigenvalue weighted by molar-refractivity contribution is 0.0602. The summed E-state index contributed by atoms with van der Waals surface area (Å²) in [4.78, 5) is 24.6. The van der Waals surface area contributed by atoms with Gasteiger partial charge in [0.2, 0.25) is 5.78 Å². The number of rotatable bonds is 2. The van der Waals surface area contributed by atoms with E-state index in [4.69, 9.17) is 9.47 Å². The van der Waals surface area contributed by atoms with Gasteiger partial charge in [-0.1, -0.05) is 12.1 Å². The van der Waals surface area contributed by atoms with E-state index < -0.39 is 11.8 Å². The molecular weight excluding hydrogens is 350 g/mol. The maximum Gasteiger partial charge on any atom is 0.340 e. The number of fused-ring (bicyclic) bond motifs is 2.